The zero-order chi connectivity index (χ0) is 17.9. The number of hydrogen-bond donors (Lipinski definition) is 2. The number of carbonyl (C=O) groups is 3. The van der Waals surface area contributed by atoms with Gasteiger partial charge in [0.15, 0.2) is 0 Å². The van der Waals surface area contributed by atoms with E-state index in [2.05, 4.69) is 10.6 Å². The van der Waals surface area contributed by atoms with Gasteiger partial charge in [0.2, 0.25) is 5.91 Å². The lowest BCUT2D eigenvalue weighted by molar-refractivity contribution is -0.133. The van der Waals surface area contributed by atoms with Gasteiger partial charge in [-0.25, -0.2) is 4.79 Å². The number of nitrogens with one attached hydrogen (secondary N) is 2. The predicted molar refractivity (Wildman–Crippen MR) is 88.6 cm³/mol. The van der Waals surface area contributed by atoms with Gasteiger partial charge < -0.3 is 15.2 Å². The average molecular weight is 334 g/mol. The minimum Gasteiger partial charge on any atom is -0.323 e. The van der Waals surface area contributed by atoms with Gasteiger partial charge in [-0.1, -0.05) is 13.8 Å². The quantitative estimate of drug-likeness (QED) is 0.755. The van der Waals surface area contributed by atoms with Crippen molar-refractivity contribution in [2.45, 2.75) is 45.7 Å². The van der Waals surface area contributed by atoms with E-state index in [0.29, 0.717) is 18.7 Å². The van der Waals surface area contributed by atoms with E-state index in [9.17, 15) is 19.2 Å². The molecule has 2 heterocycles. The van der Waals surface area contributed by atoms with Crippen molar-refractivity contribution >= 4 is 23.5 Å². The minimum absolute atomic E-state index is 0.150. The molecule has 0 radical (unpaired) electrons. The van der Waals surface area contributed by atoms with E-state index >= 15 is 0 Å². The molecule has 1 fully saturated rings. The highest BCUT2D eigenvalue weighted by Gasteiger charge is 2.46. The summed E-state index contributed by atoms with van der Waals surface area (Å²) >= 11 is 0. The van der Waals surface area contributed by atoms with Gasteiger partial charge in [0, 0.05) is 18.8 Å². The maximum atomic E-state index is 12.3. The normalized spacial score (nSPS) is 20.2. The van der Waals surface area contributed by atoms with Gasteiger partial charge >= 0.3 is 6.03 Å². The Labute approximate surface area is 139 Å². The van der Waals surface area contributed by atoms with Crippen LogP contribution in [0.4, 0.5) is 10.5 Å². The van der Waals surface area contributed by atoms with Crippen LogP contribution in [0, 0.1) is 0 Å². The van der Waals surface area contributed by atoms with E-state index in [0.717, 1.165) is 11.3 Å². The Balaban J connectivity index is 2.06. The van der Waals surface area contributed by atoms with Crippen molar-refractivity contribution in [3.05, 3.63) is 28.7 Å². The topological polar surface area (TPSA) is 101 Å². The average Bonchev–Trinajstić information content (AvgIpc) is 2.75. The molecule has 0 bridgehead atoms. The van der Waals surface area contributed by atoms with Crippen molar-refractivity contribution in [2.75, 3.05) is 11.9 Å². The highest BCUT2D eigenvalue weighted by atomic mass is 16.2. The van der Waals surface area contributed by atoms with E-state index < -0.39 is 23.4 Å². The number of amides is 4. The molecule has 8 nitrogen and oxygen atoms in total. The van der Waals surface area contributed by atoms with E-state index in [-0.39, 0.29) is 12.1 Å². The molecule has 1 aliphatic heterocycles. The Hall–Kier alpha value is -2.64. The molecule has 0 spiro atoms. The molecule has 0 aliphatic carbocycles. The molecular weight excluding hydrogens is 312 g/mol. The smallest absolute Gasteiger partial charge is 0.323 e. The Morgan fingerprint density at radius 1 is 1.25 bits per heavy atom. The number of rotatable bonds is 6. The molecule has 2 N–H and O–H groups in total. The molecule has 1 saturated heterocycles. The summed E-state index contributed by atoms with van der Waals surface area (Å²) < 4.78 is 1.50. The van der Waals surface area contributed by atoms with Gasteiger partial charge in [-0.3, -0.25) is 19.3 Å². The van der Waals surface area contributed by atoms with Gasteiger partial charge in [-0.2, -0.15) is 0 Å². The van der Waals surface area contributed by atoms with E-state index in [1.807, 2.05) is 6.92 Å². The maximum absolute atomic E-state index is 12.3. The molecule has 1 unspecified atom stereocenters. The van der Waals surface area contributed by atoms with Gasteiger partial charge in [-0.05, 0) is 25.8 Å². The molecule has 1 aliphatic rings. The summed E-state index contributed by atoms with van der Waals surface area (Å²) in [5.41, 5.74) is -0.674. The molecule has 24 heavy (non-hydrogen) atoms. The van der Waals surface area contributed by atoms with Gasteiger partial charge in [0.05, 0.1) is 5.69 Å². The number of urea groups is 1. The van der Waals surface area contributed by atoms with Crippen molar-refractivity contribution in [1.29, 1.82) is 0 Å². The number of hydrogen-bond acceptors (Lipinski definition) is 4. The Morgan fingerprint density at radius 2 is 1.96 bits per heavy atom. The monoisotopic (exact) mass is 334 g/mol. The van der Waals surface area contributed by atoms with Crippen LogP contribution < -0.4 is 16.2 Å². The number of aromatic nitrogens is 1. The Bertz CT molecular complexity index is 727. The number of pyridine rings is 1. The standard InChI is InChI=1S/C16H22N4O4/c1-4-8-19-9-11(6-7-13(19)22)17-12(21)10-20-14(23)16(3,5-2)18-15(20)24/h6-7,9H,4-5,8,10H2,1-3H3,(H,17,21)(H,18,24). The van der Waals surface area contributed by atoms with Crippen LogP contribution in [-0.4, -0.2) is 39.4 Å². The Kier molecular flexibility index (Phi) is 5.06. The van der Waals surface area contributed by atoms with Crippen LogP contribution in [0.2, 0.25) is 0 Å². The van der Waals surface area contributed by atoms with Crippen LogP contribution in [0.25, 0.3) is 0 Å². The molecule has 8 heteroatoms. The summed E-state index contributed by atoms with van der Waals surface area (Å²) in [6, 6.07) is 2.29. The molecule has 0 saturated carbocycles. The number of nitrogens with zero attached hydrogens (tertiary/aromatic N) is 2. The van der Waals surface area contributed by atoms with Crippen molar-refractivity contribution in [3.8, 4) is 0 Å². The highest BCUT2D eigenvalue weighted by molar-refractivity contribution is 6.09. The third kappa shape index (κ3) is 3.47. The zero-order valence-corrected chi connectivity index (χ0v) is 14.1. The lowest BCUT2D eigenvalue weighted by Gasteiger charge is -2.19. The molecule has 1 aromatic rings. The second kappa shape index (κ2) is 6.86. The first-order valence-electron chi connectivity index (χ1n) is 7.95. The first kappa shape index (κ1) is 17.7. The lowest BCUT2D eigenvalue weighted by atomic mass is 9.99. The summed E-state index contributed by atoms with van der Waals surface area (Å²) in [6.45, 7) is 5.54. The zero-order valence-electron chi connectivity index (χ0n) is 14.1. The molecule has 0 aromatic carbocycles. The second-order valence-electron chi connectivity index (χ2n) is 6.00. The van der Waals surface area contributed by atoms with Crippen molar-refractivity contribution < 1.29 is 14.4 Å². The van der Waals surface area contributed by atoms with Crippen molar-refractivity contribution in [1.82, 2.24) is 14.8 Å². The molecule has 130 valence electrons. The van der Waals surface area contributed by atoms with Crippen molar-refractivity contribution in [3.63, 3.8) is 0 Å². The van der Waals surface area contributed by atoms with Crippen LogP contribution in [0.1, 0.15) is 33.6 Å². The van der Waals surface area contributed by atoms with Crippen LogP contribution in [0.5, 0.6) is 0 Å². The summed E-state index contributed by atoms with van der Waals surface area (Å²) in [7, 11) is 0. The number of carbonyl (C=O) groups excluding carboxylic acids is 3. The van der Waals surface area contributed by atoms with Crippen molar-refractivity contribution in [2.24, 2.45) is 0 Å². The van der Waals surface area contributed by atoms with Gasteiger partial charge in [0.25, 0.3) is 11.5 Å². The molecule has 4 amide bonds. The fourth-order valence-electron chi connectivity index (χ4n) is 2.50. The van der Waals surface area contributed by atoms with Crippen LogP contribution >= 0.6 is 0 Å². The first-order valence-corrected chi connectivity index (χ1v) is 7.95. The number of anilines is 1. The predicted octanol–water partition coefficient (Wildman–Crippen LogP) is 0.917. The third-order valence-electron chi connectivity index (χ3n) is 4.09. The van der Waals surface area contributed by atoms with Gasteiger partial charge in [0.1, 0.15) is 12.1 Å². The molecule has 1 aromatic heterocycles. The Morgan fingerprint density at radius 3 is 2.54 bits per heavy atom. The second-order valence-corrected chi connectivity index (χ2v) is 6.00. The fourth-order valence-corrected chi connectivity index (χ4v) is 2.50. The number of imide groups is 1. The van der Waals surface area contributed by atoms with Crippen LogP contribution in [0.15, 0.2) is 23.1 Å². The third-order valence-corrected chi connectivity index (χ3v) is 4.09. The van der Waals surface area contributed by atoms with E-state index in [4.69, 9.17) is 0 Å². The van der Waals surface area contributed by atoms with Gasteiger partial charge in [-0.15, -0.1) is 0 Å². The van der Waals surface area contributed by atoms with Crippen LogP contribution in [0.3, 0.4) is 0 Å². The molecular formula is C16H22N4O4. The number of aryl methyl sites for hydroxylation is 1. The summed E-state index contributed by atoms with van der Waals surface area (Å²) in [5.74, 6) is -0.915. The highest BCUT2D eigenvalue weighted by Crippen LogP contribution is 2.20. The SMILES string of the molecule is CCCn1cc(NC(=O)CN2C(=O)NC(C)(CC)C2=O)ccc1=O. The first-order chi connectivity index (χ1) is 11.3. The fraction of sp³-hybridized carbons (Fsp3) is 0.500. The minimum atomic E-state index is -0.967. The van der Waals surface area contributed by atoms with E-state index in [1.54, 1.807) is 20.0 Å². The lowest BCUT2D eigenvalue weighted by Crippen LogP contribution is -2.44. The summed E-state index contributed by atoms with van der Waals surface area (Å²) in [5, 5.41) is 5.20. The summed E-state index contributed by atoms with van der Waals surface area (Å²) in [6.07, 6.45) is 2.78. The molecule has 2 rings (SSSR count). The van der Waals surface area contributed by atoms with Crippen LogP contribution in [-0.2, 0) is 16.1 Å². The summed E-state index contributed by atoms with van der Waals surface area (Å²) in [4.78, 5) is 48.9. The van der Waals surface area contributed by atoms with E-state index in [1.165, 1.54) is 16.7 Å². The largest absolute Gasteiger partial charge is 0.325 e. The molecule has 1 atom stereocenters. The maximum Gasteiger partial charge on any atom is 0.325 e.